The smallest absolute Gasteiger partial charge is 0.371 e. The molecule has 106 valence electrons. The zero-order chi connectivity index (χ0) is 14.1. The number of carboxylic acid groups (broad SMARTS) is 1. The molecule has 1 rings (SSSR count). The highest BCUT2D eigenvalue weighted by Gasteiger charge is 2.09. The highest BCUT2D eigenvalue weighted by molar-refractivity contribution is 5.84. The molecule has 0 radical (unpaired) electrons. The van der Waals surface area contributed by atoms with Crippen molar-refractivity contribution in [1.82, 2.24) is 5.32 Å². The predicted molar refractivity (Wildman–Crippen MR) is 64.8 cm³/mol. The average molecular weight is 271 g/mol. The lowest BCUT2D eigenvalue weighted by atomic mass is 10.4. The van der Waals surface area contributed by atoms with Crippen molar-refractivity contribution in [2.45, 2.75) is 13.0 Å². The second-order valence-electron chi connectivity index (χ2n) is 3.70. The van der Waals surface area contributed by atoms with Crippen LogP contribution in [0.2, 0.25) is 0 Å². The number of ether oxygens (including phenoxy) is 2. The molecule has 0 saturated carbocycles. The number of carbonyl (C=O) groups is 2. The molecule has 2 N–H and O–H groups in total. The van der Waals surface area contributed by atoms with Crippen LogP contribution in [-0.2, 0) is 20.8 Å². The fourth-order valence-electron chi connectivity index (χ4n) is 1.27. The summed E-state index contributed by atoms with van der Waals surface area (Å²) < 4.78 is 14.9. The van der Waals surface area contributed by atoms with Crippen LogP contribution in [-0.4, -0.2) is 43.9 Å². The quantitative estimate of drug-likeness (QED) is 0.640. The first kappa shape index (κ1) is 15.2. The Morgan fingerprint density at radius 2 is 2.11 bits per heavy atom. The van der Waals surface area contributed by atoms with Crippen LogP contribution in [0.15, 0.2) is 16.5 Å². The lowest BCUT2D eigenvalue weighted by molar-refractivity contribution is -0.122. The van der Waals surface area contributed by atoms with Crippen LogP contribution < -0.4 is 5.32 Å². The molecule has 0 fully saturated rings. The van der Waals surface area contributed by atoms with Gasteiger partial charge in [-0.3, -0.25) is 4.79 Å². The number of aromatic carboxylic acids is 1. The van der Waals surface area contributed by atoms with Gasteiger partial charge in [-0.2, -0.15) is 0 Å². The van der Waals surface area contributed by atoms with Gasteiger partial charge in [0.15, 0.2) is 0 Å². The predicted octanol–water partition coefficient (Wildman–Crippen LogP) is 0.647. The summed E-state index contributed by atoms with van der Waals surface area (Å²) in [5.74, 6) is -1.08. The van der Waals surface area contributed by atoms with E-state index in [9.17, 15) is 9.59 Å². The van der Waals surface area contributed by atoms with Crippen LogP contribution in [0.5, 0.6) is 0 Å². The van der Waals surface area contributed by atoms with E-state index < -0.39 is 5.97 Å². The van der Waals surface area contributed by atoms with Crippen LogP contribution in [0, 0.1) is 0 Å². The zero-order valence-electron chi connectivity index (χ0n) is 10.7. The second kappa shape index (κ2) is 8.28. The molecule has 0 saturated heterocycles. The van der Waals surface area contributed by atoms with Gasteiger partial charge in [-0.05, 0) is 12.1 Å². The van der Waals surface area contributed by atoms with Gasteiger partial charge in [-0.1, -0.05) is 0 Å². The first-order valence-electron chi connectivity index (χ1n) is 5.79. The maximum Gasteiger partial charge on any atom is 0.371 e. The summed E-state index contributed by atoms with van der Waals surface area (Å²) in [4.78, 5) is 22.0. The van der Waals surface area contributed by atoms with Crippen molar-refractivity contribution in [3.63, 3.8) is 0 Å². The molecule has 0 unspecified atom stereocenters. The third-order valence-corrected chi connectivity index (χ3v) is 2.24. The van der Waals surface area contributed by atoms with Crippen molar-refractivity contribution >= 4 is 11.9 Å². The van der Waals surface area contributed by atoms with E-state index in [-0.39, 0.29) is 24.6 Å². The Bertz CT molecular complexity index is 414. The summed E-state index contributed by atoms with van der Waals surface area (Å²) in [7, 11) is 1.57. The van der Waals surface area contributed by atoms with Crippen LogP contribution in [0.1, 0.15) is 22.7 Å². The topological polar surface area (TPSA) is 98.0 Å². The van der Waals surface area contributed by atoms with E-state index >= 15 is 0 Å². The second-order valence-corrected chi connectivity index (χ2v) is 3.70. The van der Waals surface area contributed by atoms with Crippen molar-refractivity contribution in [3.05, 3.63) is 23.7 Å². The molecule has 1 amide bonds. The number of hydrogen-bond acceptors (Lipinski definition) is 5. The standard InChI is InChI=1S/C12H17NO6/c1-17-6-7-18-5-4-11(14)13-8-9-2-3-10(19-9)12(15)16/h2-3H,4-8H2,1H3,(H,13,14)(H,15,16). The summed E-state index contributed by atoms with van der Waals surface area (Å²) in [6, 6.07) is 2.86. The van der Waals surface area contributed by atoms with Gasteiger partial charge in [0.05, 0.1) is 26.4 Å². The molecular formula is C12H17NO6. The van der Waals surface area contributed by atoms with Gasteiger partial charge < -0.3 is 24.3 Å². The Morgan fingerprint density at radius 3 is 2.74 bits per heavy atom. The fourth-order valence-corrected chi connectivity index (χ4v) is 1.27. The number of rotatable bonds is 9. The minimum Gasteiger partial charge on any atom is -0.475 e. The van der Waals surface area contributed by atoms with E-state index in [4.69, 9.17) is 19.0 Å². The molecule has 1 heterocycles. The fraction of sp³-hybridized carbons (Fsp3) is 0.500. The summed E-state index contributed by atoms with van der Waals surface area (Å²) in [6.07, 6.45) is 0.232. The highest BCUT2D eigenvalue weighted by atomic mass is 16.5. The molecule has 7 nitrogen and oxygen atoms in total. The van der Waals surface area contributed by atoms with Crippen molar-refractivity contribution in [1.29, 1.82) is 0 Å². The number of carboxylic acids is 1. The van der Waals surface area contributed by atoms with Gasteiger partial charge in [0.2, 0.25) is 11.7 Å². The minimum absolute atomic E-state index is 0.146. The SMILES string of the molecule is COCCOCCC(=O)NCc1ccc(C(=O)O)o1. The van der Waals surface area contributed by atoms with Crippen molar-refractivity contribution in [2.24, 2.45) is 0 Å². The van der Waals surface area contributed by atoms with E-state index in [1.807, 2.05) is 0 Å². The third-order valence-electron chi connectivity index (χ3n) is 2.24. The van der Waals surface area contributed by atoms with Gasteiger partial charge in [0.25, 0.3) is 0 Å². The lowest BCUT2D eigenvalue weighted by Gasteiger charge is -2.04. The maximum absolute atomic E-state index is 11.4. The average Bonchev–Trinajstić information content (AvgIpc) is 2.85. The van der Waals surface area contributed by atoms with Crippen LogP contribution in [0.3, 0.4) is 0 Å². The third kappa shape index (κ3) is 6.03. The molecule has 0 bridgehead atoms. The Morgan fingerprint density at radius 1 is 1.32 bits per heavy atom. The monoisotopic (exact) mass is 271 g/mol. The Labute approximate surface area is 110 Å². The van der Waals surface area contributed by atoms with Crippen molar-refractivity contribution in [2.75, 3.05) is 26.9 Å². The normalized spacial score (nSPS) is 10.4. The van der Waals surface area contributed by atoms with Crippen LogP contribution in [0.25, 0.3) is 0 Å². The van der Waals surface area contributed by atoms with Gasteiger partial charge in [0, 0.05) is 13.5 Å². The number of nitrogens with one attached hydrogen (secondary N) is 1. The highest BCUT2D eigenvalue weighted by Crippen LogP contribution is 2.07. The number of furan rings is 1. The van der Waals surface area contributed by atoms with E-state index in [0.717, 1.165) is 0 Å². The summed E-state index contributed by atoms with van der Waals surface area (Å²) in [6.45, 7) is 1.41. The number of hydrogen-bond donors (Lipinski definition) is 2. The molecule has 1 aromatic heterocycles. The molecule has 7 heteroatoms. The molecule has 0 atom stereocenters. The van der Waals surface area contributed by atoms with E-state index in [1.54, 1.807) is 7.11 Å². The number of amides is 1. The van der Waals surface area contributed by atoms with E-state index in [2.05, 4.69) is 5.32 Å². The van der Waals surface area contributed by atoms with E-state index in [1.165, 1.54) is 12.1 Å². The first-order valence-corrected chi connectivity index (χ1v) is 5.79. The molecule has 19 heavy (non-hydrogen) atoms. The largest absolute Gasteiger partial charge is 0.475 e. The number of carbonyl (C=O) groups excluding carboxylic acids is 1. The minimum atomic E-state index is -1.14. The van der Waals surface area contributed by atoms with Crippen molar-refractivity contribution < 1.29 is 28.6 Å². The molecule has 0 aliphatic rings. The van der Waals surface area contributed by atoms with Crippen LogP contribution in [0.4, 0.5) is 0 Å². The van der Waals surface area contributed by atoms with Gasteiger partial charge in [-0.15, -0.1) is 0 Å². The Kier molecular flexibility index (Phi) is 6.62. The van der Waals surface area contributed by atoms with Gasteiger partial charge in [0.1, 0.15) is 5.76 Å². The number of methoxy groups -OCH3 is 1. The van der Waals surface area contributed by atoms with Gasteiger partial charge >= 0.3 is 5.97 Å². The first-order chi connectivity index (χ1) is 9.13. The molecular weight excluding hydrogens is 254 g/mol. The molecule has 0 aliphatic heterocycles. The lowest BCUT2D eigenvalue weighted by Crippen LogP contribution is -2.24. The molecule has 0 spiro atoms. The zero-order valence-corrected chi connectivity index (χ0v) is 10.7. The summed E-state index contributed by atoms with van der Waals surface area (Å²) >= 11 is 0. The molecule has 0 aliphatic carbocycles. The molecule has 1 aromatic rings. The summed E-state index contributed by atoms with van der Waals surface area (Å²) in [5.41, 5.74) is 0. The Hall–Kier alpha value is -1.86. The maximum atomic E-state index is 11.4. The van der Waals surface area contributed by atoms with Crippen LogP contribution >= 0.6 is 0 Å². The van der Waals surface area contributed by atoms with Gasteiger partial charge in [-0.25, -0.2) is 4.79 Å². The Balaban J connectivity index is 2.17. The van der Waals surface area contributed by atoms with Crippen molar-refractivity contribution in [3.8, 4) is 0 Å². The van der Waals surface area contributed by atoms with E-state index in [0.29, 0.717) is 25.6 Å². The molecule has 0 aromatic carbocycles. The summed E-state index contributed by atoms with van der Waals surface area (Å²) in [5, 5.41) is 11.3.